The molecule has 7 heteroatoms. The maximum Gasteiger partial charge on any atom is 0.251 e. The van der Waals surface area contributed by atoms with Gasteiger partial charge < -0.3 is 14.8 Å². The van der Waals surface area contributed by atoms with Crippen LogP contribution in [0.3, 0.4) is 0 Å². The predicted octanol–water partition coefficient (Wildman–Crippen LogP) is 2.22. The van der Waals surface area contributed by atoms with Gasteiger partial charge in [0.15, 0.2) is 0 Å². The van der Waals surface area contributed by atoms with E-state index in [0.29, 0.717) is 50.5 Å². The standard InChI is InChI=1S/C22H25N5O2/c1-15-12-16(2)18-14-17(21(29)25-19(18)13-15)4-5-20(28)26-8-10-27(11-9-26)22-23-6-3-7-24-22/h3,6-7,12-14H,4-5,8-11H2,1-2H3,(H,25,29). The minimum atomic E-state index is -0.110. The molecule has 1 amide bonds. The van der Waals surface area contributed by atoms with Gasteiger partial charge in [0.1, 0.15) is 0 Å². The third-order valence-electron chi connectivity index (χ3n) is 5.47. The maximum absolute atomic E-state index is 12.7. The molecule has 0 saturated carbocycles. The normalized spacial score (nSPS) is 14.4. The molecule has 1 aromatic carbocycles. The van der Waals surface area contributed by atoms with Crippen LogP contribution in [0.15, 0.2) is 41.5 Å². The fourth-order valence-corrected chi connectivity index (χ4v) is 3.91. The van der Waals surface area contributed by atoms with Crippen LogP contribution in [0.2, 0.25) is 0 Å². The van der Waals surface area contributed by atoms with Crippen molar-refractivity contribution < 1.29 is 4.79 Å². The number of pyridine rings is 1. The van der Waals surface area contributed by atoms with Crippen molar-refractivity contribution in [2.75, 3.05) is 31.1 Å². The topological polar surface area (TPSA) is 82.2 Å². The lowest BCUT2D eigenvalue weighted by Crippen LogP contribution is -2.49. The summed E-state index contributed by atoms with van der Waals surface area (Å²) in [6.07, 6.45) is 4.23. The summed E-state index contributed by atoms with van der Waals surface area (Å²) in [5.41, 5.74) is 3.65. The van der Waals surface area contributed by atoms with Crippen molar-refractivity contribution in [3.05, 3.63) is 63.7 Å². The zero-order valence-corrected chi connectivity index (χ0v) is 16.8. The molecule has 1 aliphatic rings. The second kappa shape index (κ2) is 8.03. The molecule has 0 atom stereocenters. The Kier molecular flexibility index (Phi) is 5.29. The highest BCUT2D eigenvalue weighted by Gasteiger charge is 2.22. The highest BCUT2D eigenvalue weighted by atomic mass is 16.2. The number of fused-ring (bicyclic) bond motifs is 1. The van der Waals surface area contributed by atoms with E-state index in [2.05, 4.69) is 25.9 Å². The first-order valence-electron chi connectivity index (χ1n) is 9.94. The Morgan fingerprint density at radius 2 is 1.79 bits per heavy atom. The lowest BCUT2D eigenvalue weighted by atomic mass is 10.0. The molecule has 29 heavy (non-hydrogen) atoms. The molecule has 2 aromatic heterocycles. The summed E-state index contributed by atoms with van der Waals surface area (Å²) in [4.78, 5) is 40.6. The van der Waals surface area contributed by atoms with Crippen LogP contribution in [0.1, 0.15) is 23.1 Å². The van der Waals surface area contributed by atoms with Crippen LogP contribution in [0.5, 0.6) is 0 Å². The number of carbonyl (C=O) groups excluding carboxylic acids is 1. The summed E-state index contributed by atoms with van der Waals surface area (Å²) in [7, 11) is 0. The molecule has 0 radical (unpaired) electrons. The molecule has 1 N–H and O–H groups in total. The summed E-state index contributed by atoms with van der Waals surface area (Å²) < 4.78 is 0. The minimum Gasteiger partial charge on any atom is -0.339 e. The number of H-pyrrole nitrogens is 1. The molecule has 0 bridgehead atoms. The number of aryl methyl sites for hydroxylation is 3. The van der Waals surface area contributed by atoms with Gasteiger partial charge in [-0.25, -0.2) is 9.97 Å². The van der Waals surface area contributed by atoms with E-state index in [1.165, 1.54) is 0 Å². The number of amides is 1. The van der Waals surface area contributed by atoms with E-state index in [0.717, 1.165) is 22.0 Å². The van der Waals surface area contributed by atoms with Crippen molar-refractivity contribution in [3.8, 4) is 0 Å². The smallest absolute Gasteiger partial charge is 0.251 e. The zero-order valence-electron chi connectivity index (χ0n) is 16.8. The number of rotatable bonds is 4. The molecule has 0 aliphatic carbocycles. The van der Waals surface area contributed by atoms with E-state index < -0.39 is 0 Å². The SMILES string of the molecule is Cc1cc(C)c2cc(CCC(=O)N3CCN(c4ncccn4)CC3)c(=O)[nH]c2c1. The van der Waals surface area contributed by atoms with Crippen LogP contribution >= 0.6 is 0 Å². The van der Waals surface area contributed by atoms with Gasteiger partial charge in [-0.3, -0.25) is 9.59 Å². The van der Waals surface area contributed by atoms with Gasteiger partial charge in [-0.2, -0.15) is 0 Å². The minimum absolute atomic E-state index is 0.0822. The monoisotopic (exact) mass is 391 g/mol. The summed E-state index contributed by atoms with van der Waals surface area (Å²) >= 11 is 0. The highest BCUT2D eigenvalue weighted by Crippen LogP contribution is 2.19. The number of aromatic nitrogens is 3. The van der Waals surface area contributed by atoms with Crippen molar-refractivity contribution in [2.45, 2.75) is 26.7 Å². The van der Waals surface area contributed by atoms with E-state index in [1.807, 2.05) is 30.9 Å². The summed E-state index contributed by atoms with van der Waals surface area (Å²) in [6.45, 7) is 6.77. The molecule has 7 nitrogen and oxygen atoms in total. The highest BCUT2D eigenvalue weighted by molar-refractivity contribution is 5.83. The van der Waals surface area contributed by atoms with Crippen LogP contribution in [0.25, 0.3) is 10.9 Å². The third-order valence-corrected chi connectivity index (χ3v) is 5.47. The number of piperazine rings is 1. The number of aromatic amines is 1. The van der Waals surface area contributed by atoms with Crippen molar-refractivity contribution >= 4 is 22.8 Å². The largest absolute Gasteiger partial charge is 0.339 e. The summed E-state index contributed by atoms with van der Waals surface area (Å²) in [6, 6.07) is 7.81. The molecule has 1 fully saturated rings. The molecule has 3 aromatic rings. The quantitative estimate of drug-likeness (QED) is 0.737. The van der Waals surface area contributed by atoms with Gasteiger partial charge in [-0.05, 0) is 49.6 Å². The van der Waals surface area contributed by atoms with E-state index in [-0.39, 0.29) is 11.5 Å². The number of carbonyl (C=O) groups is 1. The van der Waals surface area contributed by atoms with Crippen molar-refractivity contribution in [1.82, 2.24) is 19.9 Å². The van der Waals surface area contributed by atoms with Gasteiger partial charge in [0, 0.05) is 61.5 Å². The maximum atomic E-state index is 12.7. The Morgan fingerprint density at radius 3 is 2.52 bits per heavy atom. The second-order valence-corrected chi connectivity index (χ2v) is 7.58. The zero-order chi connectivity index (χ0) is 20.4. The van der Waals surface area contributed by atoms with Gasteiger partial charge >= 0.3 is 0 Å². The molecule has 3 heterocycles. The van der Waals surface area contributed by atoms with Gasteiger partial charge in [0.05, 0.1) is 0 Å². The Labute approximate surface area is 169 Å². The van der Waals surface area contributed by atoms with Crippen LogP contribution in [0.4, 0.5) is 5.95 Å². The van der Waals surface area contributed by atoms with Gasteiger partial charge in [0.25, 0.3) is 5.56 Å². The lowest BCUT2D eigenvalue weighted by molar-refractivity contribution is -0.131. The Bertz CT molecular complexity index is 1090. The number of anilines is 1. The van der Waals surface area contributed by atoms with Crippen molar-refractivity contribution in [2.24, 2.45) is 0 Å². The molecule has 150 valence electrons. The molecule has 4 rings (SSSR count). The Hall–Kier alpha value is -3.22. The Morgan fingerprint density at radius 1 is 1.07 bits per heavy atom. The fourth-order valence-electron chi connectivity index (χ4n) is 3.91. The first-order chi connectivity index (χ1) is 14.0. The lowest BCUT2D eigenvalue weighted by Gasteiger charge is -2.34. The summed E-state index contributed by atoms with van der Waals surface area (Å²) in [5.74, 6) is 0.784. The van der Waals surface area contributed by atoms with E-state index in [9.17, 15) is 9.59 Å². The molecular formula is C22H25N5O2. The van der Waals surface area contributed by atoms with E-state index >= 15 is 0 Å². The van der Waals surface area contributed by atoms with Crippen LogP contribution < -0.4 is 10.5 Å². The fraction of sp³-hybridized carbons (Fsp3) is 0.364. The molecule has 1 aliphatic heterocycles. The van der Waals surface area contributed by atoms with Crippen LogP contribution in [0, 0.1) is 13.8 Å². The summed E-state index contributed by atoms with van der Waals surface area (Å²) in [5, 5.41) is 1.04. The average Bonchev–Trinajstić information content (AvgIpc) is 2.73. The van der Waals surface area contributed by atoms with Crippen LogP contribution in [-0.2, 0) is 11.2 Å². The molecule has 0 spiro atoms. The molecular weight excluding hydrogens is 366 g/mol. The number of benzene rings is 1. The third kappa shape index (κ3) is 4.13. The van der Waals surface area contributed by atoms with Crippen molar-refractivity contribution in [1.29, 1.82) is 0 Å². The van der Waals surface area contributed by atoms with Gasteiger partial charge in [0.2, 0.25) is 11.9 Å². The Balaban J connectivity index is 1.39. The van der Waals surface area contributed by atoms with Gasteiger partial charge in [-0.1, -0.05) is 6.07 Å². The van der Waals surface area contributed by atoms with E-state index in [1.54, 1.807) is 18.5 Å². The first kappa shape index (κ1) is 19.1. The predicted molar refractivity (Wildman–Crippen MR) is 113 cm³/mol. The van der Waals surface area contributed by atoms with Gasteiger partial charge in [-0.15, -0.1) is 0 Å². The molecule has 0 unspecified atom stereocenters. The molecule has 1 saturated heterocycles. The number of hydrogen-bond acceptors (Lipinski definition) is 5. The first-order valence-corrected chi connectivity index (χ1v) is 9.94. The number of hydrogen-bond donors (Lipinski definition) is 1. The second-order valence-electron chi connectivity index (χ2n) is 7.58. The van der Waals surface area contributed by atoms with E-state index in [4.69, 9.17) is 0 Å². The average molecular weight is 391 g/mol. The number of nitrogens with zero attached hydrogens (tertiary/aromatic N) is 4. The van der Waals surface area contributed by atoms with Crippen LogP contribution in [-0.4, -0.2) is 51.9 Å². The van der Waals surface area contributed by atoms with Crippen molar-refractivity contribution in [3.63, 3.8) is 0 Å². The number of nitrogens with one attached hydrogen (secondary N) is 1.